The predicted octanol–water partition coefficient (Wildman–Crippen LogP) is 4.96. The van der Waals surface area contributed by atoms with Gasteiger partial charge in [0, 0.05) is 34.1 Å². The van der Waals surface area contributed by atoms with Crippen LogP contribution in [0.1, 0.15) is 21.7 Å². The molecule has 4 aromatic rings. The summed E-state index contributed by atoms with van der Waals surface area (Å²) in [6, 6.07) is 18.8. The Balaban J connectivity index is 0.00000160. The molecule has 30 heavy (non-hydrogen) atoms. The van der Waals surface area contributed by atoms with Crippen molar-refractivity contribution in [3.8, 4) is 0 Å². The number of nitrogens with zero attached hydrogens (tertiary/aromatic N) is 3. The zero-order chi connectivity index (χ0) is 19.5. The smallest absolute Gasteiger partial charge is 0.267 e. The number of rotatable bonds is 5. The second-order valence-corrected chi connectivity index (χ2v) is 6.70. The van der Waals surface area contributed by atoms with Crippen molar-refractivity contribution in [2.75, 3.05) is 5.32 Å². The van der Waals surface area contributed by atoms with Crippen LogP contribution in [0.5, 0.6) is 0 Å². The van der Waals surface area contributed by atoms with Gasteiger partial charge in [0.05, 0.1) is 5.69 Å². The van der Waals surface area contributed by atoms with Crippen molar-refractivity contribution in [2.24, 2.45) is 5.73 Å². The summed E-state index contributed by atoms with van der Waals surface area (Å²) < 4.78 is 0. The topological polar surface area (TPSA) is 93.8 Å². The maximum absolute atomic E-state index is 11.4. The molecule has 3 N–H and O–H groups in total. The first-order chi connectivity index (χ1) is 13.6. The Bertz CT molecular complexity index is 1170. The second-order valence-electron chi connectivity index (χ2n) is 6.26. The molecule has 0 saturated heterocycles. The summed E-state index contributed by atoms with van der Waals surface area (Å²) in [7, 11) is 0. The number of pyridine rings is 1. The number of fused-ring (bicyclic) bond motifs is 1. The van der Waals surface area contributed by atoms with Crippen molar-refractivity contribution < 1.29 is 4.79 Å². The van der Waals surface area contributed by atoms with Gasteiger partial charge in [-0.15, -0.1) is 29.9 Å². The lowest BCUT2D eigenvalue weighted by atomic mass is 10.0. The Morgan fingerprint density at radius 3 is 2.37 bits per heavy atom. The quantitative estimate of drug-likeness (QED) is 0.437. The monoisotopic (exact) mass is 461 g/mol. The lowest BCUT2D eigenvalue weighted by molar-refractivity contribution is 0.0995. The molecule has 0 unspecified atom stereocenters. The Morgan fingerprint density at radius 2 is 1.67 bits per heavy atom. The summed E-state index contributed by atoms with van der Waals surface area (Å²) in [6.07, 6.45) is 2.08. The fourth-order valence-corrected chi connectivity index (χ4v) is 3.09. The van der Waals surface area contributed by atoms with Gasteiger partial charge in [0.1, 0.15) is 5.69 Å². The third-order valence-electron chi connectivity index (χ3n) is 4.32. The van der Waals surface area contributed by atoms with Crippen molar-refractivity contribution in [2.45, 2.75) is 6.42 Å². The molecule has 0 aliphatic carbocycles. The van der Waals surface area contributed by atoms with E-state index >= 15 is 0 Å². The molecule has 0 radical (unpaired) electrons. The first kappa shape index (κ1) is 23.3. The summed E-state index contributed by atoms with van der Waals surface area (Å²) in [5.41, 5.74) is 8.12. The maximum atomic E-state index is 11.4. The first-order valence-electron chi connectivity index (χ1n) is 8.62. The molecule has 0 atom stereocenters. The number of nitrogens with one attached hydrogen (secondary N) is 1. The molecule has 0 saturated carbocycles. The molecule has 2 aromatic heterocycles. The van der Waals surface area contributed by atoms with Crippen molar-refractivity contribution in [3.05, 3.63) is 88.8 Å². The highest BCUT2D eigenvalue weighted by Crippen LogP contribution is 2.27. The van der Waals surface area contributed by atoms with Crippen LogP contribution in [0.25, 0.3) is 10.8 Å². The minimum Gasteiger partial charge on any atom is -0.364 e. The Morgan fingerprint density at radius 1 is 0.967 bits per heavy atom. The van der Waals surface area contributed by atoms with Crippen LogP contribution in [0.3, 0.4) is 0 Å². The normalized spacial score (nSPS) is 10.0. The van der Waals surface area contributed by atoms with Gasteiger partial charge in [-0.1, -0.05) is 35.9 Å². The molecule has 0 aliphatic heterocycles. The molecule has 0 fully saturated rings. The molecule has 4 rings (SSSR count). The molecular formula is C21H18Cl3N5O. The van der Waals surface area contributed by atoms with Gasteiger partial charge in [-0.3, -0.25) is 9.78 Å². The molecule has 9 heteroatoms. The van der Waals surface area contributed by atoms with Crippen molar-refractivity contribution in [1.29, 1.82) is 0 Å². The highest BCUT2D eigenvalue weighted by atomic mass is 35.5. The predicted molar refractivity (Wildman–Crippen MR) is 124 cm³/mol. The van der Waals surface area contributed by atoms with E-state index in [1.54, 1.807) is 12.3 Å². The largest absolute Gasteiger partial charge is 0.364 e. The summed E-state index contributed by atoms with van der Waals surface area (Å²) in [4.78, 5) is 15.4. The highest BCUT2D eigenvalue weighted by molar-refractivity contribution is 6.30. The minimum absolute atomic E-state index is 0. The summed E-state index contributed by atoms with van der Waals surface area (Å²) in [5.74, 6) is 0.106. The Hall–Kier alpha value is -2.93. The number of hydrogen-bond donors (Lipinski definition) is 2. The van der Waals surface area contributed by atoms with E-state index in [0.717, 1.165) is 27.7 Å². The number of aromatic nitrogens is 3. The van der Waals surface area contributed by atoms with Crippen LogP contribution in [0, 0.1) is 0 Å². The zero-order valence-corrected chi connectivity index (χ0v) is 18.0. The van der Waals surface area contributed by atoms with Crippen molar-refractivity contribution >= 4 is 64.6 Å². The molecule has 2 aromatic carbocycles. The zero-order valence-electron chi connectivity index (χ0n) is 15.6. The van der Waals surface area contributed by atoms with E-state index in [4.69, 9.17) is 17.3 Å². The number of halogens is 3. The third kappa shape index (κ3) is 5.16. The van der Waals surface area contributed by atoms with E-state index in [-0.39, 0.29) is 30.5 Å². The maximum Gasteiger partial charge on any atom is 0.267 e. The molecule has 0 aliphatic rings. The summed E-state index contributed by atoms with van der Waals surface area (Å²) >= 11 is 5.95. The fourth-order valence-electron chi connectivity index (χ4n) is 2.96. The van der Waals surface area contributed by atoms with Gasteiger partial charge in [0.15, 0.2) is 5.82 Å². The molecule has 1 amide bonds. The minimum atomic E-state index is -0.555. The molecule has 2 heterocycles. The van der Waals surface area contributed by atoms with E-state index < -0.39 is 5.91 Å². The van der Waals surface area contributed by atoms with Gasteiger partial charge in [0.2, 0.25) is 0 Å². The average molecular weight is 463 g/mol. The van der Waals surface area contributed by atoms with Gasteiger partial charge >= 0.3 is 0 Å². The van der Waals surface area contributed by atoms with Gasteiger partial charge in [-0.25, -0.2) is 0 Å². The molecular weight excluding hydrogens is 445 g/mol. The Labute approximate surface area is 190 Å². The van der Waals surface area contributed by atoms with Crippen molar-refractivity contribution in [1.82, 2.24) is 15.2 Å². The summed E-state index contributed by atoms with van der Waals surface area (Å²) in [5, 5.41) is 14.7. The number of carbonyl (C=O) groups excluding carboxylic acids is 1. The van der Waals surface area contributed by atoms with E-state index in [2.05, 4.69) is 20.5 Å². The van der Waals surface area contributed by atoms with Crippen LogP contribution in [0.4, 0.5) is 11.5 Å². The molecule has 6 nitrogen and oxygen atoms in total. The van der Waals surface area contributed by atoms with E-state index in [1.165, 1.54) is 0 Å². The van der Waals surface area contributed by atoms with Gasteiger partial charge in [-0.05, 0) is 42.0 Å². The molecule has 0 bridgehead atoms. The van der Waals surface area contributed by atoms with Crippen LogP contribution < -0.4 is 11.1 Å². The number of carbonyl (C=O) groups is 1. The van der Waals surface area contributed by atoms with Crippen LogP contribution in [-0.4, -0.2) is 21.1 Å². The van der Waals surface area contributed by atoms with Crippen LogP contribution >= 0.6 is 36.4 Å². The Kier molecular flexibility index (Phi) is 7.94. The van der Waals surface area contributed by atoms with E-state index in [1.807, 2.05) is 54.6 Å². The van der Waals surface area contributed by atoms with Crippen LogP contribution in [-0.2, 0) is 6.42 Å². The molecule has 0 spiro atoms. The average Bonchev–Trinajstić information content (AvgIpc) is 2.71. The SMILES string of the molecule is Cl.Cl.NC(=O)c1cc(Cc2nnc(Nc3ccc(Cl)cc3)c3ccccc23)ccn1. The fraction of sp³-hybridized carbons (Fsp3) is 0.0476. The second kappa shape index (κ2) is 10.2. The molecule has 154 valence electrons. The van der Waals surface area contributed by atoms with Crippen LogP contribution in [0.15, 0.2) is 66.9 Å². The lowest BCUT2D eigenvalue weighted by Gasteiger charge is -2.11. The first-order valence-corrected chi connectivity index (χ1v) is 8.99. The van der Waals surface area contributed by atoms with Gasteiger partial charge < -0.3 is 11.1 Å². The third-order valence-corrected chi connectivity index (χ3v) is 4.57. The van der Waals surface area contributed by atoms with E-state index in [0.29, 0.717) is 17.3 Å². The number of nitrogens with two attached hydrogens (primary N) is 1. The van der Waals surface area contributed by atoms with Crippen LogP contribution in [0.2, 0.25) is 5.02 Å². The lowest BCUT2D eigenvalue weighted by Crippen LogP contribution is -2.13. The number of hydrogen-bond acceptors (Lipinski definition) is 5. The number of amides is 1. The summed E-state index contributed by atoms with van der Waals surface area (Å²) in [6.45, 7) is 0. The number of benzene rings is 2. The van der Waals surface area contributed by atoms with E-state index in [9.17, 15) is 4.79 Å². The standard InChI is InChI=1S/C21H16ClN5O.2ClH/c22-14-5-7-15(8-6-14)25-21-17-4-2-1-3-16(17)18(26-27-21)11-13-9-10-24-19(12-13)20(23)28;;/h1-10,12H,11H2,(H2,23,28)(H,25,27);2*1H. The van der Waals surface area contributed by atoms with Crippen molar-refractivity contribution in [3.63, 3.8) is 0 Å². The van der Waals surface area contributed by atoms with Gasteiger partial charge in [0.25, 0.3) is 5.91 Å². The number of anilines is 2. The van der Waals surface area contributed by atoms with Gasteiger partial charge in [-0.2, -0.15) is 5.10 Å². The highest BCUT2D eigenvalue weighted by Gasteiger charge is 2.11. The number of primary amides is 1.